The highest BCUT2D eigenvalue weighted by molar-refractivity contribution is 7.99. The van der Waals surface area contributed by atoms with E-state index in [1.165, 1.54) is 0 Å². The minimum Gasteiger partial charge on any atom is -0.481 e. The highest BCUT2D eigenvalue weighted by Crippen LogP contribution is 2.40. The molecule has 240 valence electrons. The van der Waals surface area contributed by atoms with Crippen LogP contribution in [-0.2, 0) is 32.2 Å². The number of hydrogen-bond donors (Lipinski definition) is 3. The third kappa shape index (κ3) is 9.74. The van der Waals surface area contributed by atoms with Crippen molar-refractivity contribution in [2.75, 3.05) is 5.75 Å². The molecule has 1 aliphatic heterocycles. The fourth-order valence-corrected chi connectivity index (χ4v) is 6.31. The van der Waals surface area contributed by atoms with Crippen molar-refractivity contribution in [2.24, 2.45) is 0 Å². The van der Waals surface area contributed by atoms with Gasteiger partial charge in [-0.2, -0.15) is 0 Å². The van der Waals surface area contributed by atoms with E-state index in [9.17, 15) is 14.7 Å². The summed E-state index contributed by atoms with van der Waals surface area (Å²) in [5.41, 5.74) is 5.90. The molecule has 4 aromatic rings. The van der Waals surface area contributed by atoms with Gasteiger partial charge in [-0.15, -0.1) is 11.8 Å². The molecule has 1 aromatic heterocycles. The van der Waals surface area contributed by atoms with Crippen molar-refractivity contribution in [2.45, 2.75) is 75.2 Å². The van der Waals surface area contributed by atoms with Gasteiger partial charge in [-0.25, -0.2) is 4.98 Å². The van der Waals surface area contributed by atoms with Gasteiger partial charge in [0.25, 0.3) is 0 Å². The molecule has 0 radical (unpaired) electrons. The smallest absolute Gasteiger partial charge is 0.303 e. The lowest BCUT2D eigenvalue weighted by Crippen LogP contribution is -2.31. The van der Waals surface area contributed by atoms with Crippen LogP contribution in [0.2, 0.25) is 0 Å². The third-order valence-corrected chi connectivity index (χ3v) is 9.03. The Bertz CT molecular complexity index is 1550. The number of aliphatic hydroxyl groups is 1. The summed E-state index contributed by atoms with van der Waals surface area (Å²) in [5, 5.41) is 22.2. The number of unbranched alkanes of at least 4 members (excludes halogenated alkanes) is 2. The van der Waals surface area contributed by atoms with Crippen LogP contribution in [0.3, 0.4) is 0 Å². The molecule has 0 aliphatic carbocycles. The third-order valence-electron chi connectivity index (χ3n) is 7.95. The Labute approximate surface area is 274 Å². The van der Waals surface area contributed by atoms with Gasteiger partial charge < -0.3 is 25.0 Å². The summed E-state index contributed by atoms with van der Waals surface area (Å²) in [6, 6.07) is 30.0. The minimum atomic E-state index is -0.804. The van der Waals surface area contributed by atoms with Gasteiger partial charge in [0.05, 0.1) is 23.8 Å². The van der Waals surface area contributed by atoms with E-state index in [1.807, 2.05) is 78.9 Å². The summed E-state index contributed by atoms with van der Waals surface area (Å²) in [7, 11) is 0. The zero-order valence-electron chi connectivity index (χ0n) is 25.7. The average molecular weight is 641 g/mol. The number of ether oxygens (including phenoxy) is 2. The first-order chi connectivity index (χ1) is 22.5. The lowest BCUT2D eigenvalue weighted by atomic mass is 9.97. The quantitative estimate of drug-likeness (QED) is 0.0920. The molecule has 3 aromatic carbocycles. The first kappa shape index (κ1) is 33.3. The molecule has 0 saturated carbocycles. The van der Waals surface area contributed by atoms with Crippen LogP contribution in [-0.4, -0.2) is 38.9 Å². The van der Waals surface area contributed by atoms with Gasteiger partial charge >= 0.3 is 5.97 Å². The number of aliphatic carboxylic acids is 1. The first-order valence-corrected chi connectivity index (χ1v) is 16.7. The Hall–Kier alpha value is -4.02. The van der Waals surface area contributed by atoms with E-state index < -0.39 is 12.3 Å². The number of carbonyl (C=O) groups excluding carboxylic acids is 1. The van der Waals surface area contributed by atoms with Crippen LogP contribution in [0.1, 0.15) is 73.2 Å². The van der Waals surface area contributed by atoms with Crippen molar-refractivity contribution >= 4 is 23.6 Å². The summed E-state index contributed by atoms with van der Waals surface area (Å²) in [5.74, 6) is -0.104. The maximum absolute atomic E-state index is 12.4. The highest BCUT2D eigenvalue weighted by Gasteiger charge is 2.32. The number of carbonyl (C=O) groups is 2. The van der Waals surface area contributed by atoms with Crippen molar-refractivity contribution in [1.82, 2.24) is 10.3 Å². The van der Waals surface area contributed by atoms with Gasteiger partial charge in [0.15, 0.2) is 6.29 Å². The molecule has 3 N–H and O–H groups in total. The van der Waals surface area contributed by atoms with Crippen molar-refractivity contribution in [3.63, 3.8) is 0 Å². The largest absolute Gasteiger partial charge is 0.481 e. The lowest BCUT2D eigenvalue weighted by molar-refractivity contribution is -0.245. The van der Waals surface area contributed by atoms with Gasteiger partial charge in [-0.1, -0.05) is 85.3 Å². The highest BCUT2D eigenvalue weighted by atomic mass is 32.2. The number of pyridine rings is 1. The maximum Gasteiger partial charge on any atom is 0.303 e. The van der Waals surface area contributed by atoms with E-state index in [4.69, 9.17) is 14.6 Å². The fourth-order valence-electron chi connectivity index (χ4n) is 5.43. The van der Waals surface area contributed by atoms with E-state index in [0.717, 1.165) is 50.6 Å². The molecular formula is C37H40N2O6S. The molecule has 0 unspecified atom stereocenters. The van der Waals surface area contributed by atoms with Gasteiger partial charge in [0.1, 0.15) is 0 Å². The normalized spacial score (nSPS) is 17.8. The van der Waals surface area contributed by atoms with E-state index in [0.29, 0.717) is 32.2 Å². The second-order valence-corrected chi connectivity index (χ2v) is 12.4. The maximum atomic E-state index is 12.4. The molecule has 0 bridgehead atoms. The Morgan fingerprint density at radius 3 is 2.33 bits per heavy atom. The number of amides is 1. The lowest BCUT2D eigenvalue weighted by Gasteiger charge is -2.36. The SMILES string of the molecule is O=C(O)CCCCCC(=O)NCc1ccccc1-c1ccc([C@H]2O[C@@H](CSc3ccccn3)C[C@@H](c3ccc(CO)cc3)O2)cc1. The Morgan fingerprint density at radius 1 is 0.848 bits per heavy atom. The zero-order valence-corrected chi connectivity index (χ0v) is 26.5. The molecule has 3 atom stereocenters. The molecule has 46 heavy (non-hydrogen) atoms. The summed E-state index contributed by atoms with van der Waals surface area (Å²) in [6.07, 6.45) is 4.21. The standard InChI is InChI=1S/C37H40N2O6S/c40-24-26-13-15-28(16-14-26)33-22-31(25-46-35-11-6-7-21-38-35)44-37(45-33)29-19-17-27(18-20-29)32-9-5-4-8-30(32)23-39-34(41)10-2-1-3-12-36(42)43/h4-9,11,13-21,31,33,37,40H,1-3,10,12,22-25H2,(H,39,41)(H,42,43)/t31-,33+,37+/m1/s1. The first-order valence-electron chi connectivity index (χ1n) is 15.7. The predicted molar refractivity (Wildman–Crippen MR) is 178 cm³/mol. The molecule has 1 amide bonds. The second-order valence-electron chi connectivity index (χ2n) is 11.3. The van der Waals surface area contributed by atoms with E-state index >= 15 is 0 Å². The Balaban J connectivity index is 1.25. The van der Waals surface area contributed by atoms with E-state index in [2.05, 4.69) is 22.4 Å². The summed E-state index contributed by atoms with van der Waals surface area (Å²) >= 11 is 1.67. The van der Waals surface area contributed by atoms with Gasteiger partial charge in [0, 0.05) is 43.3 Å². The van der Waals surface area contributed by atoms with Crippen LogP contribution in [0.5, 0.6) is 0 Å². The number of carboxylic acids is 1. The van der Waals surface area contributed by atoms with Crippen LogP contribution in [0.4, 0.5) is 0 Å². The van der Waals surface area contributed by atoms with E-state index in [1.54, 1.807) is 18.0 Å². The molecule has 5 rings (SSSR count). The van der Waals surface area contributed by atoms with E-state index in [-0.39, 0.29) is 31.1 Å². The molecule has 1 fully saturated rings. The molecule has 1 saturated heterocycles. The number of benzene rings is 3. The van der Waals surface area contributed by atoms with Crippen molar-refractivity contribution in [3.8, 4) is 11.1 Å². The number of aromatic nitrogens is 1. The molecule has 2 heterocycles. The Morgan fingerprint density at radius 2 is 1.59 bits per heavy atom. The van der Waals surface area contributed by atoms with Crippen LogP contribution in [0, 0.1) is 0 Å². The van der Waals surface area contributed by atoms with Gasteiger partial charge in [-0.05, 0) is 52.8 Å². The number of aliphatic hydroxyl groups excluding tert-OH is 1. The Kier molecular flexibility index (Phi) is 12.4. The number of nitrogens with zero attached hydrogens (tertiary/aromatic N) is 1. The van der Waals surface area contributed by atoms with Gasteiger partial charge in [-0.3, -0.25) is 9.59 Å². The van der Waals surface area contributed by atoms with Crippen LogP contribution >= 0.6 is 11.8 Å². The monoisotopic (exact) mass is 640 g/mol. The number of rotatable bonds is 15. The van der Waals surface area contributed by atoms with Crippen molar-refractivity contribution < 1.29 is 29.3 Å². The fraction of sp³-hybridized carbons (Fsp3) is 0.324. The zero-order chi connectivity index (χ0) is 32.1. The van der Waals surface area contributed by atoms with Gasteiger partial charge in [0.2, 0.25) is 5.91 Å². The summed E-state index contributed by atoms with van der Waals surface area (Å²) in [6.45, 7) is 0.409. The molecular weight excluding hydrogens is 600 g/mol. The van der Waals surface area contributed by atoms with Crippen LogP contribution in [0.25, 0.3) is 11.1 Å². The predicted octanol–water partition coefficient (Wildman–Crippen LogP) is 7.23. The minimum absolute atomic E-state index is 0.00108. The topological polar surface area (TPSA) is 118 Å². The second kappa shape index (κ2) is 17.1. The number of thioether (sulfide) groups is 1. The van der Waals surface area contributed by atoms with Crippen LogP contribution in [0.15, 0.2) is 102 Å². The summed E-state index contributed by atoms with van der Waals surface area (Å²) in [4.78, 5) is 27.5. The molecule has 9 heteroatoms. The average Bonchev–Trinajstić information content (AvgIpc) is 3.10. The van der Waals surface area contributed by atoms with Crippen molar-refractivity contribution in [3.05, 3.63) is 119 Å². The van der Waals surface area contributed by atoms with Crippen LogP contribution < -0.4 is 5.32 Å². The molecule has 1 aliphatic rings. The van der Waals surface area contributed by atoms with Crippen molar-refractivity contribution in [1.29, 1.82) is 0 Å². The summed E-state index contributed by atoms with van der Waals surface area (Å²) < 4.78 is 13.0. The molecule has 8 nitrogen and oxygen atoms in total. The number of hydrogen-bond acceptors (Lipinski definition) is 7. The molecule has 0 spiro atoms. The number of nitrogens with one attached hydrogen (secondary N) is 1. The number of carboxylic acid groups (broad SMARTS) is 1.